The zero-order chi connectivity index (χ0) is 14.3. The topological polar surface area (TPSA) is 17.1 Å². The Kier molecular flexibility index (Phi) is 3.76. The van der Waals surface area contributed by atoms with Gasteiger partial charge in [-0.2, -0.15) is 0 Å². The van der Waals surface area contributed by atoms with Crippen molar-refractivity contribution in [3.8, 4) is 0 Å². The number of hydrogen-bond donors (Lipinski definition) is 0. The van der Waals surface area contributed by atoms with Crippen LogP contribution in [0.25, 0.3) is 0 Å². The highest BCUT2D eigenvalue weighted by molar-refractivity contribution is 5.94. The molecule has 0 unspecified atom stereocenters. The van der Waals surface area contributed by atoms with Crippen LogP contribution in [-0.4, -0.2) is 5.78 Å². The van der Waals surface area contributed by atoms with E-state index < -0.39 is 0 Å². The molecule has 1 nitrogen and oxygen atoms in total. The smallest absolute Gasteiger partial charge is 0.159 e. The van der Waals surface area contributed by atoms with Crippen molar-refractivity contribution in [2.75, 3.05) is 0 Å². The molecular formula is C17H26O. The van der Waals surface area contributed by atoms with Crippen molar-refractivity contribution in [1.82, 2.24) is 0 Å². The van der Waals surface area contributed by atoms with E-state index in [4.69, 9.17) is 0 Å². The monoisotopic (exact) mass is 246 g/mol. The first kappa shape index (κ1) is 14.9. The molecule has 0 amide bonds. The molecule has 0 heterocycles. The number of hydrogen-bond acceptors (Lipinski definition) is 1. The second-order valence-electron chi connectivity index (χ2n) is 7.25. The molecule has 0 spiro atoms. The Morgan fingerprint density at radius 1 is 0.889 bits per heavy atom. The largest absolute Gasteiger partial charge is 0.295 e. The Labute approximate surface area is 112 Å². The van der Waals surface area contributed by atoms with Crippen molar-refractivity contribution >= 4 is 5.78 Å². The fourth-order valence-electron chi connectivity index (χ4n) is 2.48. The van der Waals surface area contributed by atoms with E-state index in [0.29, 0.717) is 0 Å². The molecule has 1 heteroatoms. The lowest BCUT2D eigenvalue weighted by atomic mass is 9.75. The molecule has 0 aliphatic rings. The normalized spacial score (nSPS) is 12.7. The van der Waals surface area contributed by atoms with Crippen LogP contribution in [0.2, 0.25) is 0 Å². The third-order valence-electron chi connectivity index (χ3n) is 3.43. The molecule has 0 N–H and O–H groups in total. The van der Waals surface area contributed by atoms with Crippen molar-refractivity contribution in [3.63, 3.8) is 0 Å². The number of carbonyl (C=O) groups excluding carboxylic acids is 1. The third-order valence-corrected chi connectivity index (χ3v) is 3.43. The average molecular weight is 246 g/mol. The summed E-state index contributed by atoms with van der Waals surface area (Å²) in [4.78, 5) is 11.7. The van der Waals surface area contributed by atoms with Crippen LogP contribution < -0.4 is 0 Å². The van der Waals surface area contributed by atoms with E-state index in [1.54, 1.807) is 6.92 Å². The Morgan fingerprint density at radius 3 is 1.44 bits per heavy atom. The molecule has 0 atom stereocenters. The average Bonchev–Trinajstić information content (AvgIpc) is 2.13. The minimum atomic E-state index is 0.0650. The first-order valence-electron chi connectivity index (χ1n) is 6.61. The van der Waals surface area contributed by atoms with Gasteiger partial charge in [-0.25, -0.2) is 0 Å². The Bertz CT molecular complexity index is 432. The van der Waals surface area contributed by atoms with Gasteiger partial charge in [-0.15, -0.1) is 0 Å². The van der Waals surface area contributed by atoms with E-state index in [-0.39, 0.29) is 16.6 Å². The summed E-state index contributed by atoms with van der Waals surface area (Å²) in [7, 11) is 0. The molecule has 0 aliphatic carbocycles. The van der Waals surface area contributed by atoms with Crippen LogP contribution in [0.15, 0.2) is 12.1 Å². The van der Waals surface area contributed by atoms with Crippen molar-refractivity contribution in [2.24, 2.45) is 0 Å². The van der Waals surface area contributed by atoms with Crippen LogP contribution in [0, 0.1) is 6.92 Å². The summed E-state index contributed by atoms with van der Waals surface area (Å²) in [5, 5.41) is 0. The van der Waals surface area contributed by atoms with Crippen molar-refractivity contribution in [3.05, 3.63) is 34.4 Å². The summed E-state index contributed by atoms with van der Waals surface area (Å²) in [6.07, 6.45) is 0. The minimum absolute atomic E-state index is 0.0650. The fraction of sp³-hybridized carbons (Fsp3) is 0.588. The Hall–Kier alpha value is -1.11. The predicted molar refractivity (Wildman–Crippen MR) is 78.6 cm³/mol. The summed E-state index contributed by atoms with van der Waals surface area (Å²) in [5.74, 6) is 0.144. The lowest BCUT2D eigenvalue weighted by molar-refractivity contribution is 0.101. The number of rotatable bonds is 1. The van der Waals surface area contributed by atoms with Crippen LogP contribution >= 0.6 is 0 Å². The molecule has 0 saturated heterocycles. The zero-order valence-electron chi connectivity index (χ0n) is 13.1. The molecule has 0 radical (unpaired) electrons. The second-order valence-corrected chi connectivity index (χ2v) is 7.25. The molecule has 0 bridgehead atoms. The van der Waals surface area contributed by atoms with E-state index in [1.165, 1.54) is 16.7 Å². The molecule has 1 aromatic rings. The number of benzene rings is 1. The number of carbonyl (C=O) groups is 1. The Morgan fingerprint density at radius 2 is 1.22 bits per heavy atom. The van der Waals surface area contributed by atoms with Crippen molar-refractivity contribution < 1.29 is 4.79 Å². The Balaban J connectivity index is 3.64. The summed E-state index contributed by atoms with van der Waals surface area (Å²) in [5.41, 5.74) is 4.83. The zero-order valence-corrected chi connectivity index (χ0v) is 13.1. The van der Waals surface area contributed by atoms with Crippen LogP contribution in [-0.2, 0) is 10.8 Å². The lowest BCUT2D eigenvalue weighted by Crippen LogP contribution is -2.20. The molecule has 0 aliphatic heterocycles. The number of Topliss-reactive ketones (excluding diaryl/α,β-unsaturated/α-hetero) is 1. The van der Waals surface area contributed by atoms with E-state index in [9.17, 15) is 4.79 Å². The van der Waals surface area contributed by atoms with Crippen LogP contribution in [0.1, 0.15) is 75.5 Å². The van der Waals surface area contributed by atoms with Gasteiger partial charge in [-0.3, -0.25) is 4.79 Å². The molecule has 0 aromatic heterocycles. The van der Waals surface area contributed by atoms with Gasteiger partial charge in [0.15, 0.2) is 5.78 Å². The van der Waals surface area contributed by atoms with Crippen molar-refractivity contribution in [2.45, 2.75) is 66.2 Å². The second kappa shape index (κ2) is 4.53. The maximum absolute atomic E-state index is 11.7. The highest BCUT2D eigenvalue weighted by atomic mass is 16.1. The first-order valence-corrected chi connectivity index (χ1v) is 6.61. The first-order chi connectivity index (χ1) is 7.94. The number of ketones is 1. The molecule has 1 aromatic carbocycles. The molecule has 0 saturated carbocycles. The quantitative estimate of drug-likeness (QED) is 0.651. The molecule has 18 heavy (non-hydrogen) atoms. The van der Waals surface area contributed by atoms with Gasteiger partial charge in [0.05, 0.1) is 0 Å². The predicted octanol–water partition coefficient (Wildman–Crippen LogP) is 4.79. The summed E-state index contributed by atoms with van der Waals surface area (Å²) in [6.45, 7) is 17.0. The van der Waals surface area contributed by atoms with E-state index in [1.807, 2.05) is 0 Å². The highest BCUT2D eigenvalue weighted by Crippen LogP contribution is 2.34. The van der Waals surface area contributed by atoms with E-state index in [0.717, 1.165) is 5.56 Å². The maximum atomic E-state index is 11.7. The maximum Gasteiger partial charge on any atom is 0.159 e. The minimum Gasteiger partial charge on any atom is -0.295 e. The van der Waals surface area contributed by atoms with E-state index in [2.05, 4.69) is 60.6 Å². The lowest BCUT2D eigenvalue weighted by Gasteiger charge is -2.29. The van der Waals surface area contributed by atoms with Crippen LogP contribution in [0.4, 0.5) is 0 Å². The van der Waals surface area contributed by atoms with Gasteiger partial charge in [0.1, 0.15) is 0 Å². The summed E-state index contributed by atoms with van der Waals surface area (Å²) >= 11 is 0. The molecule has 0 fully saturated rings. The van der Waals surface area contributed by atoms with Crippen LogP contribution in [0.3, 0.4) is 0 Å². The SMILES string of the molecule is CC(=O)c1cc(C(C)(C)C)c(C)c(C(C)(C)C)c1. The highest BCUT2D eigenvalue weighted by Gasteiger charge is 2.24. The molecule has 100 valence electrons. The van der Waals surface area contributed by atoms with Gasteiger partial charge in [0, 0.05) is 5.56 Å². The van der Waals surface area contributed by atoms with Gasteiger partial charge >= 0.3 is 0 Å². The van der Waals surface area contributed by atoms with Gasteiger partial charge in [0.25, 0.3) is 0 Å². The third kappa shape index (κ3) is 3.01. The van der Waals surface area contributed by atoms with Gasteiger partial charge in [-0.1, -0.05) is 41.5 Å². The fourth-order valence-corrected chi connectivity index (χ4v) is 2.48. The van der Waals surface area contributed by atoms with Crippen LogP contribution in [0.5, 0.6) is 0 Å². The summed E-state index contributed by atoms with van der Waals surface area (Å²) in [6, 6.07) is 4.12. The van der Waals surface area contributed by atoms with E-state index >= 15 is 0 Å². The standard InChI is InChI=1S/C17H26O/c1-11-14(16(3,4)5)9-13(12(2)18)10-15(11)17(6,7)8/h9-10H,1-8H3. The van der Waals surface area contributed by atoms with Gasteiger partial charge < -0.3 is 0 Å². The molecule has 1 rings (SSSR count). The van der Waals surface area contributed by atoms with Crippen molar-refractivity contribution in [1.29, 1.82) is 0 Å². The van der Waals surface area contributed by atoms with Gasteiger partial charge in [-0.05, 0) is 53.5 Å². The van der Waals surface area contributed by atoms with Gasteiger partial charge in [0.2, 0.25) is 0 Å². The molecular weight excluding hydrogens is 220 g/mol. The summed E-state index contributed by atoms with van der Waals surface area (Å²) < 4.78 is 0.